The summed E-state index contributed by atoms with van der Waals surface area (Å²) in [5.41, 5.74) is 15.2. The number of rotatable bonds is 11. The number of unbranched alkanes of at least 4 members (excludes halogenated alkanes) is 3. The van der Waals surface area contributed by atoms with Crippen LogP contribution >= 0.6 is 0 Å². The van der Waals surface area contributed by atoms with Gasteiger partial charge in [0.15, 0.2) is 5.82 Å². The van der Waals surface area contributed by atoms with Crippen molar-refractivity contribution in [2.24, 2.45) is 13.0 Å². The average Bonchev–Trinajstić information content (AvgIpc) is 3.54. The lowest BCUT2D eigenvalue weighted by molar-refractivity contribution is 0.597. The number of fused-ring (bicyclic) bond motifs is 1. The van der Waals surface area contributed by atoms with E-state index in [2.05, 4.69) is 79.5 Å². The summed E-state index contributed by atoms with van der Waals surface area (Å²) < 4.78 is 1.95. The number of hydrogen-bond acceptors (Lipinski definition) is 3. The molecule has 2 atom stereocenters. The third-order valence-electron chi connectivity index (χ3n) is 7.86. The van der Waals surface area contributed by atoms with Crippen molar-refractivity contribution in [3.8, 4) is 0 Å². The molecule has 5 heteroatoms. The Morgan fingerprint density at radius 1 is 1.22 bits per heavy atom. The molecule has 0 bridgehead atoms. The molecule has 0 amide bonds. The van der Waals surface area contributed by atoms with Crippen LogP contribution in [0.5, 0.6) is 0 Å². The second-order valence-electron chi connectivity index (χ2n) is 10.7. The Kier molecular flexibility index (Phi) is 8.60. The van der Waals surface area contributed by atoms with Gasteiger partial charge in [-0.3, -0.25) is 4.68 Å². The van der Waals surface area contributed by atoms with Gasteiger partial charge >= 0.3 is 0 Å². The van der Waals surface area contributed by atoms with Gasteiger partial charge in [-0.15, -0.1) is 0 Å². The number of allylic oxidation sites excluding steroid dienone is 4. The molecule has 3 aromatic rings. The SMILES string of the molecule is C/C=C\C(=C/C)c1ccc(CNc2[nH]c3c(N)nn(C)c3c2[C@H]2CC[C@@H](C)C2)cc1CCCCCC. The third kappa shape index (κ3) is 5.55. The quantitative estimate of drug-likeness (QED) is 0.189. The van der Waals surface area contributed by atoms with Crippen LogP contribution in [0.25, 0.3) is 16.6 Å². The number of aromatic nitrogens is 3. The van der Waals surface area contributed by atoms with Gasteiger partial charge in [0.05, 0.1) is 5.52 Å². The van der Waals surface area contributed by atoms with Crippen molar-refractivity contribution < 1.29 is 0 Å². The molecule has 5 nitrogen and oxygen atoms in total. The maximum Gasteiger partial charge on any atom is 0.169 e. The number of H-pyrrole nitrogens is 1. The van der Waals surface area contributed by atoms with E-state index in [1.54, 1.807) is 0 Å². The Bertz CT molecular complexity index is 1230. The molecule has 4 rings (SSSR count). The molecule has 0 radical (unpaired) electrons. The maximum absolute atomic E-state index is 6.26. The van der Waals surface area contributed by atoms with Crippen molar-refractivity contribution in [1.82, 2.24) is 14.8 Å². The molecule has 36 heavy (non-hydrogen) atoms. The highest BCUT2D eigenvalue weighted by Gasteiger charge is 2.30. The molecular weight excluding hydrogens is 442 g/mol. The van der Waals surface area contributed by atoms with Gasteiger partial charge in [0.1, 0.15) is 11.3 Å². The minimum absolute atomic E-state index is 0.542. The van der Waals surface area contributed by atoms with Crippen LogP contribution in [0.4, 0.5) is 11.6 Å². The number of nitrogens with one attached hydrogen (secondary N) is 2. The van der Waals surface area contributed by atoms with Crippen LogP contribution in [0, 0.1) is 5.92 Å². The molecule has 2 aromatic heterocycles. The molecule has 2 heterocycles. The maximum atomic E-state index is 6.26. The fourth-order valence-corrected chi connectivity index (χ4v) is 5.99. The van der Waals surface area contributed by atoms with Gasteiger partial charge in [-0.2, -0.15) is 5.10 Å². The summed E-state index contributed by atoms with van der Waals surface area (Å²) in [6, 6.07) is 7.01. The second-order valence-corrected chi connectivity index (χ2v) is 10.7. The number of benzene rings is 1. The number of nitrogen functional groups attached to an aromatic ring is 1. The van der Waals surface area contributed by atoms with Gasteiger partial charge in [-0.1, -0.05) is 76.0 Å². The molecule has 4 N–H and O–H groups in total. The van der Waals surface area contributed by atoms with Crippen LogP contribution in [0.15, 0.2) is 36.4 Å². The summed E-state index contributed by atoms with van der Waals surface area (Å²) in [5, 5.41) is 8.25. The standard InChI is InChI=1S/C31H45N5/c1-6-9-10-11-13-24-19-22(15-17-26(24)23(8-3)12-7-2)20-33-31-27(25-16-14-21(4)18-25)29-28(34-31)30(32)35-36(29)5/h7-8,12,15,17,19,21,25,33-34H,6,9-11,13-14,16,18,20H2,1-5H3,(H2,32,35)/b12-7-,23-8+/t21-,25+/m1/s1. The number of nitrogens with two attached hydrogens (primary N) is 1. The van der Waals surface area contributed by atoms with Crippen LogP contribution in [-0.2, 0) is 20.0 Å². The Morgan fingerprint density at radius 3 is 2.75 bits per heavy atom. The Labute approximate surface area is 217 Å². The van der Waals surface area contributed by atoms with Gasteiger partial charge in [0, 0.05) is 19.2 Å². The van der Waals surface area contributed by atoms with Gasteiger partial charge in [0.2, 0.25) is 0 Å². The number of hydrogen-bond donors (Lipinski definition) is 3. The van der Waals surface area contributed by atoms with Gasteiger partial charge in [-0.05, 0) is 73.6 Å². The molecule has 1 saturated carbocycles. The summed E-state index contributed by atoms with van der Waals surface area (Å²) in [4.78, 5) is 3.60. The van der Waals surface area contributed by atoms with E-state index in [9.17, 15) is 0 Å². The van der Waals surface area contributed by atoms with Crippen LogP contribution in [-0.4, -0.2) is 14.8 Å². The van der Waals surface area contributed by atoms with Crippen molar-refractivity contribution in [3.63, 3.8) is 0 Å². The fraction of sp³-hybridized carbons (Fsp3) is 0.516. The zero-order valence-electron chi connectivity index (χ0n) is 23.0. The molecule has 0 unspecified atom stereocenters. The topological polar surface area (TPSA) is 71.7 Å². The minimum atomic E-state index is 0.542. The van der Waals surface area contributed by atoms with Crippen LogP contribution < -0.4 is 11.1 Å². The first kappa shape index (κ1) is 26.1. The number of aromatic amines is 1. The van der Waals surface area contributed by atoms with Gasteiger partial charge in [0.25, 0.3) is 0 Å². The van der Waals surface area contributed by atoms with Crippen molar-refractivity contribution in [1.29, 1.82) is 0 Å². The molecule has 0 aliphatic heterocycles. The summed E-state index contributed by atoms with van der Waals surface area (Å²) in [5.74, 6) is 3.00. The highest BCUT2D eigenvalue weighted by molar-refractivity contribution is 5.93. The smallest absolute Gasteiger partial charge is 0.169 e. The molecule has 1 aliphatic rings. The largest absolute Gasteiger partial charge is 0.380 e. The molecule has 1 aliphatic carbocycles. The van der Waals surface area contributed by atoms with E-state index in [4.69, 9.17) is 5.73 Å². The zero-order valence-corrected chi connectivity index (χ0v) is 23.0. The Balaban J connectivity index is 1.61. The van der Waals surface area contributed by atoms with E-state index in [0.29, 0.717) is 11.7 Å². The lowest BCUT2D eigenvalue weighted by Gasteiger charge is -2.16. The lowest BCUT2D eigenvalue weighted by Crippen LogP contribution is -2.07. The molecule has 1 fully saturated rings. The third-order valence-corrected chi connectivity index (χ3v) is 7.86. The predicted octanol–water partition coefficient (Wildman–Crippen LogP) is 8.10. The van der Waals surface area contributed by atoms with Crippen LogP contribution in [0.2, 0.25) is 0 Å². The van der Waals surface area contributed by atoms with E-state index in [1.165, 1.54) is 72.8 Å². The first-order valence-electron chi connectivity index (χ1n) is 14.0. The molecule has 1 aromatic carbocycles. The van der Waals surface area contributed by atoms with Crippen molar-refractivity contribution >= 4 is 28.2 Å². The van der Waals surface area contributed by atoms with E-state index in [0.717, 1.165) is 35.7 Å². The number of anilines is 2. The zero-order chi connectivity index (χ0) is 25.7. The Hall–Kier alpha value is -2.95. The molecular formula is C31H45N5. The average molecular weight is 488 g/mol. The summed E-state index contributed by atoms with van der Waals surface area (Å²) in [7, 11) is 2.01. The Morgan fingerprint density at radius 2 is 2.06 bits per heavy atom. The number of nitrogens with zero attached hydrogens (tertiary/aromatic N) is 2. The summed E-state index contributed by atoms with van der Waals surface area (Å²) >= 11 is 0. The predicted molar refractivity (Wildman–Crippen MR) is 155 cm³/mol. The summed E-state index contributed by atoms with van der Waals surface area (Å²) in [6.07, 6.45) is 16.5. The first-order valence-corrected chi connectivity index (χ1v) is 14.0. The highest BCUT2D eigenvalue weighted by atomic mass is 15.3. The summed E-state index contributed by atoms with van der Waals surface area (Å²) in [6.45, 7) is 9.65. The van der Waals surface area contributed by atoms with Crippen molar-refractivity contribution in [2.45, 2.75) is 91.5 Å². The highest BCUT2D eigenvalue weighted by Crippen LogP contribution is 2.45. The number of aryl methyl sites for hydroxylation is 2. The van der Waals surface area contributed by atoms with E-state index >= 15 is 0 Å². The normalized spacial score (nSPS) is 18.6. The minimum Gasteiger partial charge on any atom is -0.380 e. The van der Waals surface area contributed by atoms with Gasteiger partial charge < -0.3 is 16.0 Å². The first-order chi connectivity index (χ1) is 17.5. The monoisotopic (exact) mass is 487 g/mol. The van der Waals surface area contributed by atoms with Crippen molar-refractivity contribution in [2.75, 3.05) is 11.1 Å². The lowest BCUT2D eigenvalue weighted by atomic mass is 9.93. The molecule has 0 spiro atoms. The second kappa shape index (κ2) is 11.9. The molecule has 0 saturated heterocycles. The van der Waals surface area contributed by atoms with Crippen LogP contribution in [0.1, 0.15) is 101 Å². The van der Waals surface area contributed by atoms with E-state index in [-0.39, 0.29) is 0 Å². The van der Waals surface area contributed by atoms with Crippen LogP contribution in [0.3, 0.4) is 0 Å². The van der Waals surface area contributed by atoms with Gasteiger partial charge in [-0.25, -0.2) is 0 Å². The van der Waals surface area contributed by atoms with Crippen molar-refractivity contribution in [3.05, 3.63) is 58.7 Å². The molecule has 194 valence electrons. The van der Waals surface area contributed by atoms with E-state index in [1.807, 2.05) is 11.7 Å². The van der Waals surface area contributed by atoms with E-state index < -0.39 is 0 Å². The fourth-order valence-electron chi connectivity index (χ4n) is 5.99.